The van der Waals surface area contributed by atoms with Crippen LogP contribution in [-0.4, -0.2) is 49.1 Å². The van der Waals surface area contributed by atoms with Crippen LogP contribution in [0.3, 0.4) is 0 Å². The number of carbonyl (C=O) groups is 1. The zero-order valence-electron chi connectivity index (χ0n) is 12.4. The molecule has 6 heteroatoms. The Morgan fingerprint density at radius 2 is 2.10 bits per heavy atom. The molecule has 2 atom stereocenters. The van der Waals surface area contributed by atoms with Crippen LogP contribution in [0.15, 0.2) is 0 Å². The number of amides is 1. The Kier molecular flexibility index (Phi) is 10.6. The van der Waals surface area contributed by atoms with Crippen molar-refractivity contribution in [2.75, 3.05) is 26.2 Å². The van der Waals surface area contributed by atoms with Gasteiger partial charge in [0, 0.05) is 25.0 Å². The summed E-state index contributed by atoms with van der Waals surface area (Å²) in [5.74, 6) is 0.242. The van der Waals surface area contributed by atoms with E-state index in [1.165, 1.54) is 25.8 Å². The van der Waals surface area contributed by atoms with Crippen molar-refractivity contribution < 1.29 is 4.79 Å². The smallest absolute Gasteiger partial charge is 0.220 e. The summed E-state index contributed by atoms with van der Waals surface area (Å²) in [7, 11) is 0. The number of nitrogens with one attached hydrogen (secondary N) is 2. The van der Waals surface area contributed by atoms with Crippen LogP contribution in [0, 0.1) is 0 Å². The third kappa shape index (κ3) is 6.61. The zero-order valence-corrected chi connectivity index (χ0v) is 14.0. The largest absolute Gasteiger partial charge is 0.352 e. The monoisotopic (exact) mass is 325 g/mol. The molecule has 1 amide bonds. The van der Waals surface area contributed by atoms with Gasteiger partial charge in [-0.25, -0.2) is 0 Å². The summed E-state index contributed by atoms with van der Waals surface area (Å²) in [5.41, 5.74) is 0. The number of halogens is 2. The molecule has 2 aliphatic rings. The van der Waals surface area contributed by atoms with Crippen LogP contribution in [0.4, 0.5) is 0 Å². The van der Waals surface area contributed by atoms with Crippen molar-refractivity contribution >= 4 is 30.7 Å². The molecule has 2 fully saturated rings. The second-order valence-electron chi connectivity index (χ2n) is 5.63. The van der Waals surface area contributed by atoms with Gasteiger partial charge < -0.3 is 15.5 Å². The molecule has 4 nitrogen and oxygen atoms in total. The molecule has 2 saturated heterocycles. The van der Waals surface area contributed by atoms with Crippen molar-refractivity contribution in [3.63, 3.8) is 0 Å². The van der Waals surface area contributed by atoms with Gasteiger partial charge in [-0.15, -0.1) is 24.8 Å². The number of rotatable bonds is 5. The van der Waals surface area contributed by atoms with Crippen LogP contribution in [0.1, 0.15) is 45.4 Å². The first-order valence-electron chi connectivity index (χ1n) is 7.53. The van der Waals surface area contributed by atoms with Gasteiger partial charge in [0.05, 0.1) is 0 Å². The molecule has 0 spiro atoms. The fourth-order valence-electron chi connectivity index (χ4n) is 3.07. The van der Waals surface area contributed by atoms with Crippen molar-refractivity contribution in [2.24, 2.45) is 0 Å². The quantitative estimate of drug-likeness (QED) is 0.812. The summed E-state index contributed by atoms with van der Waals surface area (Å²) >= 11 is 0. The number of hydrogen-bond acceptors (Lipinski definition) is 3. The van der Waals surface area contributed by atoms with Crippen LogP contribution >= 0.6 is 24.8 Å². The highest BCUT2D eigenvalue weighted by molar-refractivity contribution is 5.85. The lowest BCUT2D eigenvalue weighted by Crippen LogP contribution is -2.47. The topological polar surface area (TPSA) is 44.4 Å². The number of hydrogen-bond donors (Lipinski definition) is 2. The van der Waals surface area contributed by atoms with E-state index in [2.05, 4.69) is 22.5 Å². The standard InChI is InChI=1S/C14H27N3O.2ClH/c1-2-17-10-4-6-13(11-17)16-14(18)8-7-12-5-3-9-15-12;;/h12-13,15H,2-11H2,1H3,(H,16,18);2*1H. The molecule has 2 rings (SSSR count). The van der Waals surface area contributed by atoms with Crippen molar-refractivity contribution in [1.82, 2.24) is 15.5 Å². The Morgan fingerprint density at radius 3 is 2.75 bits per heavy atom. The first kappa shape index (κ1) is 20.0. The fourth-order valence-corrected chi connectivity index (χ4v) is 3.07. The van der Waals surface area contributed by atoms with Gasteiger partial charge >= 0.3 is 0 Å². The SMILES string of the molecule is CCN1CCCC(NC(=O)CCC2CCCN2)C1.Cl.Cl. The van der Waals surface area contributed by atoms with Crippen molar-refractivity contribution in [3.05, 3.63) is 0 Å². The van der Waals surface area contributed by atoms with E-state index in [0.717, 1.165) is 32.5 Å². The Bertz CT molecular complexity index is 273. The highest BCUT2D eigenvalue weighted by Crippen LogP contribution is 2.12. The Labute approximate surface area is 135 Å². The molecule has 0 aliphatic carbocycles. The van der Waals surface area contributed by atoms with Gasteiger partial charge in [0.25, 0.3) is 0 Å². The molecule has 2 unspecified atom stereocenters. The van der Waals surface area contributed by atoms with Crippen LogP contribution in [0.5, 0.6) is 0 Å². The molecule has 20 heavy (non-hydrogen) atoms. The number of likely N-dealkylation sites (N-methyl/N-ethyl adjacent to an activating group) is 1. The molecule has 0 bridgehead atoms. The maximum absolute atomic E-state index is 11.9. The summed E-state index contributed by atoms with van der Waals surface area (Å²) in [6.45, 7) is 6.63. The average molecular weight is 326 g/mol. The third-order valence-corrected chi connectivity index (χ3v) is 4.20. The maximum atomic E-state index is 11.9. The van der Waals surface area contributed by atoms with E-state index >= 15 is 0 Å². The molecule has 0 saturated carbocycles. The molecule has 2 aliphatic heterocycles. The zero-order chi connectivity index (χ0) is 12.8. The van der Waals surface area contributed by atoms with Crippen molar-refractivity contribution in [3.8, 4) is 0 Å². The second kappa shape index (κ2) is 10.7. The predicted molar refractivity (Wildman–Crippen MR) is 88.0 cm³/mol. The van der Waals surface area contributed by atoms with E-state index in [1.54, 1.807) is 0 Å². The van der Waals surface area contributed by atoms with Crippen LogP contribution in [-0.2, 0) is 4.79 Å². The average Bonchev–Trinajstić information content (AvgIpc) is 2.90. The van der Waals surface area contributed by atoms with Crippen molar-refractivity contribution in [1.29, 1.82) is 0 Å². The Hall–Kier alpha value is -0.0300. The van der Waals surface area contributed by atoms with Gasteiger partial charge in [-0.2, -0.15) is 0 Å². The normalized spacial score (nSPS) is 26.4. The molecule has 2 heterocycles. The molecule has 0 aromatic heterocycles. The van der Waals surface area contributed by atoms with Crippen molar-refractivity contribution in [2.45, 2.75) is 57.5 Å². The van der Waals surface area contributed by atoms with E-state index in [-0.39, 0.29) is 30.7 Å². The van der Waals surface area contributed by atoms with Gasteiger partial charge in [0.15, 0.2) is 0 Å². The highest BCUT2D eigenvalue weighted by atomic mass is 35.5. The predicted octanol–water partition coefficient (Wildman–Crippen LogP) is 1.96. The lowest BCUT2D eigenvalue weighted by molar-refractivity contribution is -0.122. The van der Waals surface area contributed by atoms with Crippen LogP contribution in [0.25, 0.3) is 0 Å². The highest BCUT2D eigenvalue weighted by Gasteiger charge is 2.21. The molecular formula is C14H29Cl2N3O. The minimum atomic E-state index is 0. The van der Waals surface area contributed by atoms with Gasteiger partial charge in [0.1, 0.15) is 0 Å². The summed E-state index contributed by atoms with van der Waals surface area (Å²) in [4.78, 5) is 14.3. The van der Waals surface area contributed by atoms with Gasteiger partial charge in [-0.05, 0) is 51.7 Å². The number of piperidine rings is 1. The second-order valence-corrected chi connectivity index (χ2v) is 5.63. The first-order chi connectivity index (χ1) is 8.78. The number of likely N-dealkylation sites (tertiary alicyclic amines) is 1. The van der Waals surface area contributed by atoms with Gasteiger partial charge in [0.2, 0.25) is 5.91 Å². The lowest BCUT2D eigenvalue weighted by atomic mass is 10.0. The molecule has 0 radical (unpaired) electrons. The minimum Gasteiger partial charge on any atom is -0.352 e. The Morgan fingerprint density at radius 1 is 1.30 bits per heavy atom. The van der Waals surface area contributed by atoms with E-state index in [4.69, 9.17) is 0 Å². The molecular weight excluding hydrogens is 297 g/mol. The van der Waals surface area contributed by atoms with E-state index in [0.29, 0.717) is 18.5 Å². The first-order valence-corrected chi connectivity index (χ1v) is 7.53. The maximum Gasteiger partial charge on any atom is 0.220 e. The van der Waals surface area contributed by atoms with E-state index in [1.807, 2.05) is 0 Å². The van der Waals surface area contributed by atoms with Gasteiger partial charge in [-0.3, -0.25) is 4.79 Å². The molecule has 120 valence electrons. The molecule has 2 N–H and O–H groups in total. The lowest BCUT2D eigenvalue weighted by Gasteiger charge is -2.32. The summed E-state index contributed by atoms with van der Waals surface area (Å²) < 4.78 is 0. The van der Waals surface area contributed by atoms with E-state index < -0.39 is 0 Å². The minimum absolute atomic E-state index is 0. The summed E-state index contributed by atoms with van der Waals surface area (Å²) in [5, 5.41) is 6.64. The summed E-state index contributed by atoms with van der Waals surface area (Å²) in [6.07, 6.45) is 6.53. The van der Waals surface area contributed by atoms with Crippen LogP contribution in [0.2, 0.25) is 0 Å². The fraction of sp³-hybridized carbons (Fsp3) is 0.929. The Balaban J connectivity index is 0.00000180. The van der Waals surface area contributed by atoms with E-state index in [9.17, 15) is 4.79 Å². The number of carbonyl (C=O) groups excluding carboxylic acids is 1. The number of nitrogens with zero attached hydrogens (tertiary/aromatic N) is 1. The molecule has 0 aromatic carbocycles. The summed E-state index contributed by atoms with van der Waals surface area (Å²) in [6, 6.07) is 0.956. The van der Waals surface area contributed by atoms with Gasteiger partial charge in [-0.1, -0.05) is 6.92 Å². The third-order valence-electron chi connectivity index (χ3n) is 4.20. The van der Waals surface area contributed by atoms with Crippen LogP contribution < -0.4 is 10.6 Å². The molecule has 0 aromatic rings.